The number of aliphatic imine (C=N–C) groups is 1. The maximum atomic E-state index is 9.57. The highest BCUT2D eigenvalue weighted by molar-refractivity contribution is 8.01. The zero-order valence-electron chi connectivity index (χ0n) is 7.13. The predicted octanol–water partition coefficient (Wildman–Crippen LogP) is 1.71. The second-order valence-corrected chi connectivity index (χ2v) is 4.51. The minimum absolute atomic E-state index is 0.227. The van der Waals surface area contributed by atoms with Crippen LogP contribution in [0.3, 0.4) is 0 Å². The van der Waals surface area contributed by atoms with Crippen molar-refractivity contribution in [1.29, 1.82) is 0 Å². The van der Waals surface area contributed by atoms with Gasteiger partial charge < -0.3 is 9.84 Å². The van der Waals surface area contributed by atoms with E-state index < -0.39 is 4.93 Å². The summed E-state index contributed by atoms with van der Waals surface area (Å²) in [6.45, 7) is 4.49. The molecule has 3 nitrogen and oxygen atoms in total. The summed E-state index contributed by atoms with van der Waals surface area (Å²) in [5.74, 6) is 1.77. The molecule has 1 atom stereocenters. The molecule has 0 amide bonds. The van der Waals surface area contributed by atoms with E-state index in [1.165, 1.54) is 0 Å². The Bertz CT molecular complexity index is 285. The van der Waals surface area contributed by atoms with E-state index in [4.69, 9.17) is 4.74 Å². The maximum absolute atomic E-state index is 9.57. The predicted molar refractivity (Wildman–Crippen MR) is 49.6 cm³/mol. The van der Waals surface area contributed by atoms with Crippen LogP contribution < -0.4 is 0 Å². The molecule has 0 saturated heterocycles. The molecule has 0 fully saturated rings. The molecule has 0 aromatic heterocycles. The molecule has 0 aromatic carbocycles. The molecule has 66 valence electrons. The van der Waals surface area contributed by atoms with E-state index in [0.29, 0.717) is 11.5 Å². The van der Waals surface area contributed by atoms with Crippen molar-refractivity contribution in [2.24, 2.45) is 4.99 Å². The zero-order chi connectivity index (χ0) is 8.77. The Hall–Kier alpha value is -0.640. The summed E-state index contributed by atoms with van der Waals surface area (Å²) < 4.78 is 5.53. The number of allylic oxidation sites excluding steroid dienone is 1. The van der Waals surface area contributed by atoms with Gasteiger partial charge in [-0.05, 0) is 13.8 Å². The topological polar surface area (TPSA) is 41.8 Å². The van der Waals surface area contributed by atoms with Gasteiger partial charge in [0, 0.05) is 12.3 Å². The normalized spacial score (nSPS) is 34.3. The molecular formula is C8H11NO2S. The summed E-state index contributed by atoms with van der Waals surface area (Å²) in [5.41, 5.74) is 0.705. The number of aliphatic hydroxyl groups is 1. The summed E-state index contributed by atoms with van der Waals surface area (Å²) >= 11 is 1.69. The lowest BCUT2D eigenvalue weighted by Gasteiger charge is -2.27. The van der Waals surface area contributed by atoms with Gasteiger partial charge in [0.1, 0.15) is 11.5 Å². The lowest BCUT2D eigenvalue weighted by molar-refractivity contribution is 0.168. The molecule has 1 unspecified atom stereocenters. The lowest BCUT2D eigenvalue weighted by atomic mass is 10.2. The van der Waals surface area contributed by atoms with Crippen molar-refractivity contribution in [2.75, 3.05) is 12.3 Å². The molecule has 2 aliphatic rings. The fraction of sp³-hybridized carbons (Fsp3) is 0.625. The lowest BCUT2D eigenvalue weighted by Crippen LogP contribution is -2.34. The monoisotopic (exact) mass is 185 g/mol. The molecule has 0 aliphatic carbocycles. The van der Waals surface area contributed by atoms with Crippen molar-refractivity contribution in [1.82, 2.24) is 0 Å². The minimum atomic E-state index is -0.424. The van der Waals surface area contributed by atoms with Gasteiger partial charge in [0.05, 0.1) is 0 Å². The van der Waals surface area contributed by atoms with Crippen LogP contribution in [0.15, 0.2) is 16.5 Å². The van der Waals surface area contributed by atoms with E-state index in [0.717, 1.165) is 12.3 Å². The van der Waals surface area contributed by atoms with Gasteiger partial charge >= 0.3 is 0 Å². The van der Waals surface area contributed by atoms with Crippen molar-refractivity contribution >= 4 is 17.5 Å². The van der Waals surface area contributed by atoms with Crippen LogP contribution in [-0.4, -0.2) is 28.0 Å². The second-order valence-electron chi connectivity index (χ2n) is 3.03. The molecule has 0 aromatic rings. The summed E-state index contributed by atoms with van der Waals surface area (Å²) in [6.07, 6.45) is 0. The highest BCUT2D eigenvalue weighted by atomic mass is 32.2. The summed E-state index contributed by atoms with van der Waals surface area (Å²) in [6, 6.07) is 0. The van der Waals surface area contributed by atoms with Crippen LogP contribution in [0, 0.1) is 0 Å². The van der Waals surface area contributed by atoms with E-state index >= 15 is 0 Å². The van der Waals surface area contributed by atoms with Crippen LogP contribution in [-0.2, 0) is 4.74 Å². The van der Waals surface area contributed by atoms with Crippen LogP contribution in [0.2, 0.25) is 0 Å². The third kappa shape index (κ3) is 0.941. The van der Waals surface area contributed by atoms with Crippen LogP contribution in [0.25, 0.3) is 0 Å². The van der Waals surface area contributed by atoms with Crippen LogP contribution >= 0.6 is 11.8 Å². The van der Waals surface area contributed by atoms with E-state index in [1.807, 2.05) is 6.92 Å². The summed E-state index contributed by atoms with van der Waals surface area (Å²) in [5, 5.41) is 9.57. The molecule has 12 heavy (non-hydrogen) atoms. The third-order valence-corrected chi connectivity index (χ3v) is 3.29. The van der Waals surface area contributed by atoms with Gasteiger partial charge in [-0.1, -0.05) is 0 Å². The fourth-order valence-corrected chi connectivity index (χ4v) is 2.54. The van der Waals surface area contributed by atoms with E-state index in [9.17, 15) is 5.11 Å². The van der Waals surface area contributed by atoms with Gasteiger partial charge in [-0.25, -0.2) is 0 Å². The first-order valence-corrected chi connectivity index (χ1v) is 4.90. The number of ether oxygens (including phenoxy) is 1. The Labute approximate surface area is 75.5 Å². The largest absolute Gasteiger partial charge is 0.503 e. The molecular weight excluding hydrogens is 174 g/mol. The molecule has 0 radical (unpaired) electrons. The number of thioether (sulfide) groups is 1. The smallest absolute Gasteiger partial charge is 0.197 e. The van der Waals surface area contributed by atoms with Crippen LogP contribution in [0.4, 0.5) is 0 Å². The molecule has 0 spiro atoms. The Morgan fingerprint density at radius 3 is 3.08 bits per heavy atom. The quantitative estimate of drug-likeness (QED) is 0.624. The minimum Gasteiger partial charge on any atom is -0.503 e. The molecule has 1 N–H and O–H groups in total. The molecule has 0 bridgehead atoms. The van der Waals surface area contributed by atoms with Crippen molar-refractivity contribution in [2.45, 2.75) is 18.8 Å². The Morgan fingerprint density at radius 1 is 1.67 bits per heavy atom. The Kier molecular flexibility index (Phi) is 1.61. The first-order chi connectivity index (χ1) is 5.63. The van der Waals surface area contributed by atoms with Crippen molar-refractivity contribution in [3.05, 3.63) is 11.5 Å². The highest BCUT2D eigenvalue weighted by Gasteiger charge is 2.44. The summed E-state index contributed by atoms with van der Waals surface area (Å²) in [4.78, 5) is 3.83. The molecule has 2 heterocycles. The zero-order valence-corrected chi connectivity index (χ0v) is 7.94. The number of hydrogen-bond acceptors (Lipinski definition) is 4. The first kappa shape index (κ1) is 7.98. The number of rotatable bonds is 0. The molecule has 2 rings (SSSR count). The van der Waals surface area contributed by atoms with Gasteiger partial charge in [0.25, 0.3) is 0 Å². The van der Waals surface area contributed by atoms with E-state index in [-0.39, 0.29) is 5.76 Å². The van der Waals surface area contributed by atoms with Gasteiger partial charge in [-0.15, -0.1) is 11.8 Å². The van der Waals surface area contributed by atoms with Crippen LogP contribution in [0.5, 0.6) is 0 Å². The van der Waals surface area contributed by atoms with Crippen molar-refractivity contribution < 1.29 is 9.84 Å². The van der Waals surface area contributed by atoms with E-state index in [2.05, 4.69) is 4.99 Å². The van der Waals surface area contributed by atoms with Gasteiger partial charge in [-0.2, -0.15) is 0 Å². The number of aliphatic hydroxyl groups excluding tert-OH is 1. The third-order valence-electron chi connectivity index (χ3n) is 2.07. The van der Waals surface area contributed by atoms with E-state index in [1.54, 1.807) is 18.7 Å². The molecule has 0 saturated carbocycles. The van der Waals surface area contributed by atoms with Crippen LogP contribution in [0.1, 0.15) is 13.8 Å². The Balaban J connectivity index is 2.42. The van der Waals surface area contributed by atoms with Gasteiger partial charge in [0.15, 0.2) is 10.7 Å². The standard InChI is InChI=1S/C8H11NO2S/c1-5-6(10)7-8(2,11-5)12-4-3-9-7/h10H,3-4H2,1-2H3. The van der Waals surface area contributed by atoms with Gasteiger partial charge in [-0.3, -0.25) is 4.99 Å². The average Bonchev–Trinajstić information content (AvgIpc) is 2.24. The first-order valence-electron chi connectivity index (χ1n) is 3.91. The number of nitrogens with zero attached hydrogens (tertiary/aromatic N) is 1. The number of hydrogen-bond donors (Lipinski definition) is 1. The summed E-state index contributed by atoms with van der Waals surface area (Å²) in [7, 11) is 0. The average molecular weight is 185 g/mol. The maximum Gasteiger partial charge on any atom is 0.197 e. The second kappa shape index (κ2) is 2.42. The van der Waals surface area contributed by atoms with Gasteiger partial charge in [0.2, 0.25) is 0 Å². The molecule has 2 aliphatic heterocycles. The number of fused-ring (bicyclic) bond motifs is 1. The van der Waals surface area contributed by atoms with Crippen molar-refractivity contribution in [3.63, 3.8) is 0 Å². The van der Waals surface area contributed by atoms with Crippen molar-refractivity contribution in [3.8, 4) is 0 Å². The Morgan fingerprint density at radius 2 is 2.42 bits per heavy atom. The fourth-order valence-electron chi connectivity index (χ4n) is 1.48. The highest BCUT2D eigenvalue weighted by Crippen LogP contribution is 2.40. The molecule has 4 heteroatoms. The SMILES string of the molecule is CC1=C(O)C2=NCCSC2(C)O1.